The fourth-order valence-corrected chi connectivity index (χ4v) is 3.89. The molecule has 2 aliphatic heterocycles. The largest absolute Gasteiger partial charge is 0.372 e. The van der Waals surface area contributed by atoms with E-state index in [0.717, 1.165) is 29.6 Å². The molecule has 3 atom stereocenters. The van der Waals surface area contributed by atoms with Crippen LogP contribution in [0.3, 0.4) is 0 Å². The molecule has 4 heterocycles. The van der Waals surface area contributed by atoms with Crippen LogP contribution in [-0.2, 0) is 11.2 Å². The molecule has 2 aliphatic rings. The maximum Gasteiger partial charge on any atom is 0.229 e. The van der Waals surface area contributed by atoms with Crippen molar-refractivity contribution in [3.05, 3.63) is 16.7 Å². The lowest BCUT2D eigenvalue weighted by atomic mass is 10.0. The predicted molar refractivity (Wildman–Crippen MR) is 76.4 cm³/mol. The minimum Gasteiger partial charge on any atom is -0.372 e. The molecule has 0 radical (unpaired) electrons. The second kappa shape index (κ2) is 5.03. The summed E-state index contributed by atoms with van der Waals surface area (Å²) in [5.74, 6) is 1.92. The summed E-state index contributed by atoms with van der Waals surface area (Å²) < 4.78 is 11.3. The van der Waals surface area contributed by atoms with Crippen LogP contribution in [0.1, 0.15) is 23.1 Å². The van der Waals surface area contributed by atoms with Crippen molar-refractivity contribution in [2.45, 2.75) is 38.9 Å². The molecule has 8 heteroatoms. The summed E-state index contributed by atoms with van der Waals surface area (Å²) in [5.41, 5.74) is 0. The van der Waals surface area contributed by atoms with Crippen molar-refractivity contribution in [3.8, 4) is 0 Å². The molecule has 0 bridgehead atoms. The fraction of sp³-hybridized carbons (Fsp3) is 0.692. The zero-order valence-corrected chi connectivity index (χ0v) is 12.8. The van der Waals surface area contributed by atoms with Gasteiger partial charge < -0.3 is 14.2 Å². The molecule has 0 aromatic carbocycles. The average molecular weight is 307 g/mol. The molecule has 2 fully saturated rings. The van der Waals surface area contributed by atoms with Gasteiger partial charge in [-0.05, 0) is 20.3 Å². The number of rotatable bonds is 3. The third-order valence-corrected chi connectivity index (χ3v) is 4.97. The second-order valence-electron chi connectivity index (χ2n) is 5.74. The van der Waals surface area contributed by atoms with E-state index in [1.807, 2.05) is 13.8 Å². The van der Waals surface area contributed by atoms with Gasteiger partial charge in [0, 0.05) is 19.0 Å². The van der Waals surface area contributed by atoms with E-state index in [1.54, 1.807) is 11.3 Å². The predicted octanol–water partition coefficient (Wildman–Crippen LogP) is 1.37. The molecule has 112 valence electrons. The van der Waals surface area contributed by atoms with E-state index in [2.05, 4.69) is 25.2 Å². The van der Waals surface area contributed by atoms with E-state index in [1.165, 1.54) is 0 Å². The molecule has 0 unspecified atom stereocenters. The molecule has 21 heavy (non-hydrogen) atoms. The Morgan fingerprint density at radius 3 is 2.86 bits per heavy atom. The van der Waals surface area contributed by atoms with E-state index in [4.69, 9.17) is 9.26 Å². The molecule has 0 aliphatic carbocycles. The molecule has 2 saturated heterocycles. The normalized spacial score (nSPS) is 28.3. The van der Waals surface area contributed by atoms with Crippen molar-refractivity contribution < 1.29 is 9.26 Å². The highest BCUT2D eigenvalue weighted by atomic mass is 32.1. The van der Waals surface area contributed by atoms with Gasteiger partial charge in [-0.3, -0.25) is 0 Å². The number of hydrogen-bond donors (Lipinski definition) is 0. The number of hydrogen-bond acceptors (Lipinski definition) is 8. The SMILES string of the molecule is Cc1noc(C[C@H]2C[C@H]3CN(c4nnc(C)s4)C[C@H]3O2)n1. The summed E-state index contributed by atoms with van der Waals surface area (Å²) in [6.45, 7) is 5.72. The summed E-state index contributed by atoms with van der Waals surface area (Å²) in [7, 11) is 0. The Labute approximate surface area is 126 Å². The third kappa shape index (κ3) is 2.53. The van der Waals surface area contributed by atoms with Crippen LogP contribution in [0.5, 0.6) is 0 Å². The summed E-state index contributed by atoms with van der Waals surface area (Å²) in [6.07, 6.45) is 2.23. The van der Waals surface area contributed by atoms with Crippen molar-refractivity contribution in [1.82, 2.24) is 20.3 Å². The van der Waals surface area contributed by atoms with E-state index in [9.17, 15) is 0 Å². The minimum absolute atomic E-state index is 0.193. The first-order valence-corrected chi connectivity index (χ1v) is 7.99. The second-order valence-corrected chi connectivity index (χ2v) is 6.90. The highest BCUT2D eigenvalue weighted by molar-refractivity contribution is 7.15. The average Bonchev–Trinajstić information content (AvgIpc) is 3.14. The van der Waals surface area contributed by atoms with Crippen molar-refractivity contribution in [3.63, 3.8) is 0 Å². The van der Waals surface area contributed by atoms with E-state index in [-0.39, 0.29) is 12.2 Å². The molecule has 7 nitrogen and oxygen atoms in total. The van der Waals surface area contributed by atoms with Crippen LogP contribution >= 0.6 is 11.3 Å². The Balaban J connectivity index is 1.37. The van der Waals surface area contributed by atoms with E-state index in [0.29, 0.717) is 24.1 Å². The summed E-state index contributed by atoms with van der Waals surface area (Å²) in [4.78, 5) is 6.53. The van der Waals surface area contributed by atoms with Crippen LogP contribution in [-0.4, -0.2) is 45.6 Å². The van der Waals surface area contributed by atoms with E-state index >= 15 is 0 Å². The van der Waals surface area contributed by atoms with Crippen molar-refractivity contribution in [2.24, 2.45) is 5.92 Å². The molecule has 2 aromatic rings. The van der Waals surface area contributed by atoms with Gasteiger partial charge >= 0.3 is 0 Å². The number of anilines is 1. The molecule has 0 saturated carbocycles. The quantitative estimate of drug-likeness (QED) is 0.847. The van der Waals surface area contributed by atoms with Gasteiger partial charge in [-0.25, -0.2) is 0 Å². The Hall–Kier alpha value is -1.54. The highest BCUT2D eigenvalue weighted by Crippen LogP contribution is 2.36. The van der Waals surface area contributed by atoms with Crippen LogP contribution in [0.25, 0.3) is 0 Å². The van der Waals surface area contributed by atoms with Crippen LogP contribution in [0.2, 0.25) is 0 Å². The van der Waals surface area contributed by atoms with Gasteiger partial charge in [0.1, 0.15) is 5.01 Å². The van der Waals surface area contributed by atoms with E-state index < -0.39 is 0 Å². The Morgan fingerprint density at radius 2 is 2.19 bits per heavy atom. The maximum atomic E-state index is 6.14. The third-order valence-electron chi connectivity index (χ3n) is 4.07. The van der Waals surface area contributed by atoms with Crippen molar-refractivity contribution in [1.29, 1.82) is 0 Å². The van der Waals surface area contributed by atoms with Crippen molar-refractivity contribution >= 4 is 16.5 Å². The summed E-state index contributed by atoms with van der Waals surface area (Å²) in [6, 6.07) is 0. The molecular weight excluding hydrogens is 290 g/mol. The highest BCUT2D eigenvalue weighted by Gasteiger charge is 2.43. The van der Waals surface area contributed by atoms with Crippen LogP contribution in [0, 0.1) is 19.8 Å². The zero-order chi connectivity index (χ0) is 14.4. The number of aromatic nitrogens is 4. The molecule has 4 rings (SSSR count). The van der Waals surface area contributed by atoms with Gasteiger partial charge in [0.2, 0.25) is 11.0 Å². The lowest BCUT2D eigenvalue weighted by molar-refractivity contribution is 0.0456. The zero-order valence-electron chi connectivity index (χ0n) is 12.0. The molecule has 2 aromatic heterocycles. The number of fused-ring (bicyclic) bond motifs is 1. The van der Waals surface area contributed by atoms with Crippen LogP contribution in [0.15, 0.2) is 4.52 Å². The number of aryl methyl sites for hydroxylation is 2. The van der Waals surface area contributed by atoms with Gasteiger partial charge in [0.25, 0.3) is 0 Å². The smallest absolute Gasteiger partial charge is 0.229 e. The Kier molecular flexibility index (Phi) is 3.15. The first-order chi connectivity index (χ1) is 10.2. The minimum atomic E-state index is 0.193. The Morgan fingerprint density at radius 1 is 1.29 bits per heavy atom. The van der Waals surface area contributed by atoms with Gasteiger partial charge in [0.05, 0.1) is 18.6 Å². The summed E-state index contributed by atoms with van der Waals surface area (Å²) in [5, 5.41) is 14.1. The lowest BCUT2D eigenvalue weighted by Gasteiger charge is -2.17. The maximum absolute atomic E-state index is 6.14. The standard InChI is InChI=1S/C13H17N5O2S/c1-7-14-12(20-17-7)4-10-3-9-5-18(6-11(9)19-10)13-16-15-8(2)21-13/h9-11H,3-6H2,1-2H3/t9-,10+,11+/m0/s1. The summed E-state index contributed by atoms with van der Waals surface area (Å²) >= 11 is 1.64. The van der Waals surface area contributed by atoms with Gasteiger partial charge in [0.15, 0.2) is 5.82 Å². The van der Waals surface area contributed by atoms with Crippen LogP contribution in [0.4, 0.5) is 5.13 Å². The molecule has 0 amide bonds. The molecular formula is C13H17N5O2S. The molecule has 0 spiro atoms. The Bertz CT molecular complexity index is 628. The molecule has 0 N–H and O–H groups in total. The monoisotopic (exact) mass is 307 g/mol. The van der Waals surface area contributed by atoms with Gasteiger partial charge in [-0.15, -0.1) is 10.2 Å². The topological polar surface area (TPSA) is 77.2 Å². The van der Waals surface area contributed by atoms with Gasteiger partial charge in [-0.2, -0.15) is 4.98 Å². The fourth-order valence-electron chi connectivity index (χ4n) is 3.18. The number of ether oxygens (including phenoxy) is 1. The van der Waals surface area contributed by atoms with Crippen LogP contribution < -0.4 is 4.90 Å². The first-order valence-electron chi connectivity index (χ1n) is 7.17. The first kappa shape index (κ1) is 13.1. The number of nitrogens with zero attached hydrogens (tertiary/aromatic N) is 5. The lowest BCUT2D eigenvalue weighted by Crippen LogP contribution is -2.25. The van der Waals surface area contributed by atoms with Crippen molar-refractivity contribution in [2.75, 3.05) is 18.0 Å². The van der Waals surface area contributed by atoms with Gasteiger partial charge in [-0.1, -0.05) is 16.5 Å².